The maximum absolute atomic E-state index is 13.2. The molecule has 0 aliphatic rings. The molecule has 0 aliphatic heterocycles. The Morgan fingerprint density at radius 1 is 1.17 bits per heavy atom. The van der Waals surface area contributed by atoms with Crippen LogP contribution in [-0.2, 0) is 35.0 Å². The normalized spacial score (nSPS) is 11.7. The van der Waals surface area contributed by atoms with E-state index < -0.39 is 10.0 Å². The molecule has 3 rings (SSSR count). The van der Waals surface area contributed by atoms with Gasteiger partial charge in [-0.05, 0) is 31.2 Å². The lowest BCUT2D eigenvalue weighted by atomic mass is 10.2. The molecule has 0 spiro atoms. The van der Waals surface area contributed by atoms with Crippen LogP contribution in [0.25, 0.3) is 0 Å². The zero-order valence-corrected chi connectivity index (χ0v) is 17.5. The zero-order chi connectivity index (χ0) is 21.0. The van der Waals surface area contributed by atoms with Crippen LogP contribution in [0.1, 0.15) is 16.9 Å². The van der Waals surface area contributed by atoms with Gasteiger partial charge in [0.25, 0.3) is 0 Å². The summed E-state index contributed by atoms with van der Waals surface area (Å²) < 4.78 is 34.5. The summed E-state index contributed by atoms with van der Waals surface area (Å²) in [6.45, 7) is 1.89. The Labute approximate surface area is 170 Å². The molecule has 0 bridgehead atoms. The van der Waals surface area contributed by atoms with Gasteiger partial charge < -0.3 is 9.32 Å². The number of amides is 1. The average Bonchev–Trinajstić information content (AvgIpc) is 3.33. The number of benzene rings is 1. The molecule has 29 heavy (non-hydrogen) atoms. The highest BCUT2D eigenvalue weighted by molar-refractivity contribution is 7.89. The molecule has 0 unspecified atom stereocenters. The predicted octanol–water partition coefficient (Wildman–Crippen LogP) is 2.17. The number of carbonyl (C=O) groups excluding carboxylic acids is 1. The second-order valence-corrected chi connectivity index (χ2v) is 8.88. The van der Waals surface area contributed by atoms with Gasteiger partial charge in [-0.1, -0.05) is 17.7 Å². The first-order chi connectivity index (χ1) is 13.8. The molecule has 9 heteroatoms. The largest absolute Gasteiger partial charge is 0.468 e. The molecule has 2 aromatic heterocycles. The number of hydrogen-bond acceptors (Lipinski definition) is 5. The standard InChI is InChI=1S/C20H24N4O4S/c1-16-6-8-19(9-7-16)29(26,27)24(14-18-5-4-10-28-18)15-20(25)22(2)12-17-11-21-23(3)13-17/h4-11,13H,12,14-15H2,1-3H3. The lowest BCUT2D eigenvalue weighted by molar-refractivity contribution is -0.130. The van der Waals surface area contributed by atoms with Crippen LogP contribution in [0, 0.1) is 6.92 Å². The van der Waals surface area contributed by atoms with Gasteiger partial charge in [-0.25, -0.2) is 8.42 Å². The highest BCUT2D eigenvalue weighted by Gasteiger charge is 2.28. The van der Waals surface area contributed by atoms with Gasteiger partial charge in [-0.3, -0.25) is 9.48 Å². The van der Waals surface area contributed by atoms with E-state index in [0.29, 0.717) is 12.3 Å². The van der Waals surface area contributed by atoms with E-state index in [1.165, 1.54) is 11.2 Å². The van der Waals surface area contributed by atoms with Gasteiger partial charge in [0.05, 0.1) is 30.4 Å². The van der Waals surface area contributed by atoms with Gasteiger partial charge in [0.1, 0.15) is 5.76 Å². The first kappa shape index (κ1) is 20.8. The van der Waals surface area contributed by atoms with Crippen molar-refractivity contribution in [1.82, 2.24) is 19.0 Å². The van der Waals surface area contributed by atoms with Gasteiger partial charge in [0, 0.05) is 32.4 Å². The van der Waals surface area contributed by atoms with Crippen LogP contribution in [-0.4, -0.2) is 46.9 Å². The van der Waals surface area contributed by atoms with Gasteiger partial charge >= 0.3 is 0 Å². The minimum absolute atomic E-state index is 0.0321. The number of aryl methyl sites for hydroxylation is 2. The van der Waals surface area contributed by atoms with E-state index >= 15 is 0 Å². The number of furan rings is 1. The summed E-state index contributed by atoms with van der Waals surface area (Å²) in [5.41, 5.74) is 1.82. The number of sulfonamides is 1. The first-order valence-corrected chi connectivity index (χ1v) is 10.5. The molecule has 0 radical (unpaired) electrons. The molecular formula is C20H24N4O4S. The van der Waals surface area contributed by atoms with E-state index in [-0.39, 0.29) is 23.9 Å². The van der Waals surface area contributed by atoms with Gasteiger partial charge in [-0.15, -0.1) is 0 Å². The maximum Gasteiger partial charge on any atom is 0.243 e. The number of carbonyl (C=O) groups is 1. The van der Waals surface area contributed by atoms with Crippen molar-refractivity contribution in [3.63, 3.8) is 0 Å². The Morgan fingerprint density at radius 2 is 1.90 bits per heavy atom. The quantitative estimate of drug-likeness (QED) is 0.562. The topological polar surface area (TPSA) is 88.7 Å². The summed E-state index contributed by atoms with van der Waals surface area (Å²) in [6.07, 6.45) is 4.96. The van der Waals surface area contributed by atoms with Crippen LogP contribution in [0.3, 0.4) is 0 Å². The zero-order valence-electron chi connectivity index (χ0n) is 16.6. The summed E-state index contributed by atoms with van der Waals surface area (Å²) in [6, 6.07) is 9.92. The summed E-state index contributed by atoms with van der Waals surface area (Å²) in [5, 5.41) is 4.09. The fourth-order valence-corrected chi connectivity index (χ4v) is 4.20. The van der Waals surface area contributed by atoms with Crippen LogP contribution in [0.4, 0.5) is 0 Å². The van der Waals surface area contributed by atoms with E-state index in [0.717, 1.165) is 15.4 Å². The van der Waals surface area contributed by atoms with Crippen molar-refractivity contribution in [2.24, 2.45) is 7.05 Å². The fourth-order valence-electron chi connectivity index (χ4n) is 2.85. The number of nitrogens with zero attached hydrogens (tertiary/aromatic N) is 4. The van der Waals surface area contributed by atoms with Crippen molar-refractivity contribution in [2.45, 2.75) is 24.9 Å². The second kappa shape index (κ2) is 8.62. The molecule has 2 heterocycles. The molecule has 8 nitrogen and oxygen atoms in total. The molecule has 0 saturated carbocycles. The molecule has 1 amide bonds. The molecule has 1 aromatic carbocycles. The molecule has 0 N–H and O–H groups in total. The van der Waals surface area contributed by atoms with Crippen molar-refractivity contribution in [3.05, 3.63) is 71.9 Å². The van der Waals surface area contributed by atoms with Gasteiger partial charge in [-0.2, -0.15) is 9.40 Å². The van der Waals surface area contributed by atoms with Crippen LogP contribution in [0.15, 0.2) is 64.4 Å². The second-order valence-electron chi connectivity index (χ2n) is 6.94. The van der Waals surface area contributed by atoms with Crippen LogP contribution < -0.4 is 0 Å². The Hall–Kier alpha value is -2.91. The number of likely N-dealkylation sites (N-methyl/N-ethyl adjacent to an activating group) is 1. The highest BCUT2D eigenvalue weighted by Crippen LogP contribution is 2.19. The predicted molar refractivity (Wildman–Crippen MR) is 107 cm³/mol. The molecule has 3 aromatic rings. The number of rotatable bonds is 8. The minimum Gasteiger partial charge on any atom is -0.468 e. The molecule has 0 aliphatic carbocycles. The van der Waals surface area contributed by atoms with Crippen LogP contribution in [0.2, 0.25) is 0 Å². The molecule has 154 valence electrons. The van der Waals surface area contributed by atoms with Crippen LogP contribution in [0.5, 0.6) is 0 Å². The Morgan fingerprint density at radius 3 is 2.48 bits per heavy atom. The van der Waals surface area contributed by atoms with Crippen molar-refractivity contribution >= 4 is 15.9 Å². The third-order valence-corrected chi connectivity index (χ3v) is 6.29. The SMILES string of the molecule is Cc1ccc(S(=O)(=O)N(CC(=O)N(C)Cc2cnn(C)c2)Cc2ccco2)cc1. The summed E-state index contributed by atoms with van der Waals surface area (Å²) in [7, 11) is -0.448. The molecule has 0 saturated heterocycles. The van der Waals surface area contributed by atoms with E-state index in [1.54, 1.807) is 61.4 Å². The monoisotopic (exact) mass is 416 g/mol. The van der Waals surface area contributed by atoms with Gasteiger partial charge in [0.2, 0.25) is 15.9 Å². The summed E-state index contributed by atoms with van der Waals surface area (Å²) >= 11 is 0. The summed E-state index contributed by atoms with van der Waals surface area (Å²) in [5.74, 6) is 0.138. The number of hydrogen-bond donors (Lipinski definition) is 0. The first-order valence-electron chi connectivity index (χ1n) is 9.06. The highest BCUT2D eigenvalue weighted by atomic mass is 32.2. The third kappa shape index (κ3) is 5.12. The smallest absolute Gasteiger partial charge is 0.243 e. The Kier molecular flexibility index (Phi) is 6.19. The minimum atomic E-state index is -3.88. The van der Waals surface area contributed by atoms with Crippen molar-refractivity contribution in [1.29, 1.82) is 0 Å². The number of aromatic nitrogens is 2. The molecule has 0 fully saturated rings. The Balaban J connectivity index is 1.81. The lowest BCUT2D eigenvalue weighted by Gasteiger charge is -2.24. The maximum atomic E-state index is 13.2. The Bertz CT molecular complexity index is 1060. The van der Waals surface area contributed by atoms with Gasteiger partial charge in [0.15, 0.2) is 0 Å². The van der Waals surface area contributed by atoms with E-state index in [4.69, 9.17) is 4.42 Å². The average molecular weight is 417 g/mol. The fraction of sp³-hybridized carbons (Fsp3) is 0.300. The van der Waals surface area contributed by atoms with Crippen molar-refractivity contribution in [3.8, 4) is 0 Å². The summed E-state index contributed by atoms with van der Waals surface area (Å²) in [4.78, 5) is 14.4. The van der Waals surface area contributed by atoms with E-state index in [9.17, 15) is 13.2 Å². The van der Waals surface area contributed by atoms with E-state index in [2.05, 4.69) is 5.10 Å². The van der Waals surface area contributed by atoms with Crippen molar-refractivity contribution < 1.29 is 17.6 Å². The third-order valence-electron chi connectivity index (χ3n) is 4.49. The lowest BCUT2D eigenvalue weighted by Crippen LogP contribution is -2.40. The van der Waals surface area contributed by atoms with Crippen LogP contribution >= 0.6 is 0 Å². The van der Waals surface area contributed by atoms with E-state index in [1.807, 2.05) is 13.1 Å². The molecule has 0 atom stereocenters. The molecular weight excluding hydrogens is 392 g/mol. The van der Waals surface area contributed by atoms with Crippen molar-refractivity contribution in [2.75, 3.05) is 13.6 Å².